The van der Waals surface area contributed by atoms with Gasteiger partial charge in [-0.25, -0.2) is 18.6 Å². The fourth-order valence-electron chi connectivity index (χ4n) is 1.52. The maximum Gasteiger partial charge on any atom is 0.172 e. The Kier molecular flexibility index (Phi) is 4.75. The molecule has 1 aliphatic rings. The molecule has 1 heterocycles. The maximum atomic E-state index is 8.49. The van der Waals surface area contributed by atoms with Gasteiger partial charge in [-0.3, -0.25) is 0 Å². The minimum Gasteiger partial charge on any atom is -0.222 e. The lowest BCUT2D eigenvalue weighted by molar-refractivity contribution is -2.00. The van der Waals surface area contributed by atoms with Crippen molar-refractivity contribution in [2.45, 2.75) is 19.6 Å². The summed E-state index contributed by atoms with van der Waals surface area (Å²) in [4.78, 5) is 5.65. The summed E-state index contributed by atoms with van der Waals surface area (Å²) in [5.74, 6) is 0. The molecule has 4 nitrogen and oxygen atoms in total. The van der Waals surface area contributed by atoms with Crippen LogP contribution in [0.5, 0.6) is 0 Å². The Morgan fingerprint density at radius 2 is 1.11 bits per heavy atom. The number of benzene rings is 2. The van der Waals surface area contributed by atoms with E-state index in [1.165, 1.54) is 31.3 Å². The van der Waals surface area contributed by atoms with Gasteiger partial charge in [0.2, 0.25) is 0 Å². The Morgan fingerprint density at radius 1 is 0.737 bits per heavy atom. The zero-order chi connectivity index (χ0) is 13.9. The lowest BCUT2D eigenvalue weighted by Gasteiger charge is -2.17. The first-order valence-corrected chi connectivity index (χ1v) is 8.07. The Bertz CT molecular complexity index is 478. The van der Waals surface area contributed by atoms with E-state index in [0.717, 1.165) is 0 Å². The molecular formula is C12H9ClO4S2. The molecule has 0 amide bonds. The SMILES string of the molecule is [O-][Cl+3]([O-])([O-])[O-].c1ccc2c(c1)Sc1ccccc1[SH+]2. The second-order valence-corrected chi connectivity index (χ2v) is 6.55. The van der Waals surface area contributed by atoms with Crippen molar-refractivity contribution in [1.82, 2.24) is 0 Å². The van der Waals surface area contributed by atoms with Gasteiger partial charge in [-0.15, -0.1) is 10.2 Å². The van der Waals surface area contributed by atoms with Crippen molar-refractivity contribution in [3.63, 3.8) is 0 Å². The molecule has 7 heteroatoms. The van der Waals surface area contributed by atoms with E-state index in [1.807, 2.05) is 11.8 Å². The molecule has 0 saturated carbocycles. The number of hydrogen-bond donors (Lipinski definition) is 0. The summed E-state index contributed by atoms with van der Waals surface area (Å²) >= 11 is 3.22. The van der Waals surface area contributed by atoms with Crippen LogP contribution in [0.25, 0.3) is 0 Å². The van der Waals surface area contributed by atoms with E-state index in [2.05, 4.69) is 48.5 Å². The summed E-state index contributed by atoms with van der Waals surface area (Å²) in [6.45, 7) is 0. The normalized spacial score (nSPS) is 12.8. The van der Waals surface area contributed by atoms with E-state index in [-0.39, 0.29) is 0 Å². The van der Waals surface area contributed by atoms with Gasteiger partial charge in [-0.1, -0.05) is 36.0 Å². The highest BCUT2D eigenvalue weighted by Crippen LogP contribution is 2.40. The molecular weight excluding hydrogens is 308 g/mol. The number of rotatable bonds is 0. The molecule has 0 aliphatic carbocycles. The first-order valence-electron chi connectivity index (χ1n) is 5.13. The number of halogens is 1. The molecule has 100 valence electrons. The van der Waals surface area contributed by atoms with Crippen LogP contribution in [0, 0.1) is 10.2 Å². The predicted molar refractivity (Wildman–Crippen MR) is 62.3 cm³/mol. The fourth-order valence-corrected chi connectivity index (χ4v) is 3.89. The zero-order valence-electron chi connectivity index (χ0n) is 9.49. The number of hydrogen-bond acceptors (Lipinski definition) is 5. The lowest BCUT2D eigenvalue weighted by Crippen LogP contribution is -2.68. The van der Waals surface area contributed by atoms with Gasteiger partial charge in [-0.05, 0) is 24.3 Å². The average Bonchev–Trinajstić information content (AvgIpc) is 2.34. The van der Waals surface area contributed by atoms with E-state index in [0.29, 0.717) is 0 Å². The van der Waals surface area contributed by atoms with Crippen LogP contribution in [0.3, 0.4) is 0 Å². The molecule has 1 aliphatic heterocycles. The van der Waals surface area contributed by atoms with Crippen molar-refractivity contribution in [3.05, 3.63) is 48.5 Å². The highest BCUT2D eigenvalue weighted by molar-refractivity contribution is 8.00. The van der Waals surface area contributed by atoms with Gasteiger partial charge in [0.15, 0.2) is 9.79 Å². The molecule has 0 atom stereocenters. The van der Waals surface area contributed by atoms with E-state index in [1.54, 1.807) is 0 Å². The Morgan fingerprint density at radius 3 is 1.53 bits per heavy atom. The summed E-state index contributed by atoms with van der Waals surface area (Å²) in [7, 11) is -4.94. The quantitative estimate of drug-likeness (QED) is 0.377. The van der Waals surface area contributed by atoms with Crippen molar-refractivity contribution in [3.8, 4) is 0 Å². The van der Waals surface area contributed by atoms with Crippen molar-refractivity contribution in [1.29, 1.82) is 0 Å². The van der Waals surface area contributed by atoms with Crippen LogP contribution in [0.1, 0.15) is 0 Å². The minimum absolute atomic E-state index is 1.34. The highest BCUT2D eigenvalue weighted by Gasteiger charge is 2.22. The van der Waals surface area contributed by atoms with Gasteiger partial charge >= 0.3 is 0 Å². The van der Waals surface area contributed by atoms with Crippen molar-refractivity contribution < 1.29 is 28.9 Å². The van der Waals surface area contributed by atoms with Crippen LogP contribution in [0.4, 0.5) is 0 Å². The van der Waals surface area contributed by atoms with E-state index < -0.39 is 10.2 Å². The third-order valence-electron chi connectivity index (χ3n) is 2.19. The molecule has 0 spiro atoms. The van der Waals surface area contributed by atoms with E-state index in [9.17, 15) is 0 Å². The van der Waals surface area contributed by atoms with Crippen molar-refractivity contribution >= 4 is 23.5 Å². The predicted octanol–water partition coefficient (Wildman–Crippen LogP) is -1.37. The minimum atomic E-state index is -4.94. The van der Waals surface area contributed by atoms with Gasteiger partial charge in [0.25, 0.3) is 0 Å². The molecule has 0 radical (unpaired) electrons. The molecule has 2 aromatic rings. The van der Waals surface area contributed by atoms with Gasteiger partial charge in [0.05, 0.1) is 9.79 Å². The molecule has 3 rings (SSSR count). The molecule has 2 aromatic carbocycles. The van der Waals surface area contributed by atoms with Crippen molar-refractivity contribution in [2.24, 2.45) is 0 Å². The van der Waals surface area contributed by atoms with E-state index in [4.69, 9.17) is 18.6 Å². The Balaban J connectivity index is 0.000000232. The van der Waals surface area contributed by atoms with Crippen molar-refractivity contribution in [2.75, 3.05) is 0 Å². The number of fused-ring (bicyclic) bond motifs is 2. The Labute approximate surface area is 120 Å². The molecule has 0 saturated heterocycles. The van der Waals surface area contributed by atoms with Crippen LogP contribution in [-0.2, 0) is 11.8 Å². The largest absolute Gasteiger partial charge is 0.222 e. The average molecular weight is 317 g/mol. The molecule has 0 unspecified atom stereocenters. The van der Waals surface area contributed by atoms with Gasteiger partial charge < -0.3 is 0 Å². The standard InChI is InChI=1S/C12H8S2.ClHO4/c1-2-6-10-9(5-1)13-11-7-3-4-8-12(11)14-10;2-1(3,4)5/h1-8H;(H,2,3,4,5). The summed E-state index contributed by atoms with van der Waals surface area (Å²) in [5, 5.41) is 0. The van der Waals surface area contributed by atoms with Gasteiger partial charge in [0, 0.05) is 11.8 Å². The first-order chi connectivity index (χ1) is 8.93. The monoisotopic (exact) mass is 316 g/mol. The molecule has 0 bridgehead atoms. The molecule has 0 fully saturated rings. The Hall–Kier alpha value is -0.730. The van der Waals surface area contributed by atoms with Gasteiger partial charge in [0.1, 0.15) is 0 Å². The van der Waals surface area contributed by atoms with Crippen LogP contribution >= 0.6 is 11.8 Å². The lowest BCUT2D eigenvalue weighted by atomic mass is 10.3. The molecule has 0 aromatic heterocycles. The second kappa shape index (κ2) is 6.15. The van der Waals surface area contributed by atoms with Crippen LogP contribution in [0.15, 0.2) is 68.1 Å². The molecule has 0 N–H and O–H groups in total. The number of thiol groups is 1. The topological polar surface area (TPSA) is 92.2 Å². The fraction of sp³-hybridized carbons (Fsp3) is 0. The van der Waals surface area contributed by atoms with E-state index >= 15 is 0 Å². The summed E-state index contributed by atoms with van der Waals surface area (Å²) in [6, 6.07) is 17.2. The van der Waals surface area contributed by atoms with Gasteiger partial charge in [-0.2, -0.15) is 0 Å². The third-order valence-corrected chi connectivity index (χ3v) is 4.91. The van der Waals surface area contributed by atoms with Crippen LogP contribution in [-0.4, -0.2) is 0 Å². The van der Waals surface area contributed by atoms with Crippen LogP contribution < -0.4 is 18.6 Å². The summed E-state index contributed by atoms with van der Waals surface area (Å²) < 4.78 is 34.0. The second-order valence-electron chi connectivity index (χ2n) is 3.53. The smallest absolute Gasteiger partial charge is 0.172 e. The zero-order valence-corrected chi connectivity index (χ0v) is 12.0. The van der Waals surface area contributed by atoms with Crippen LogP contribution in [0.2, 0.25) is 0 Å². The maximum absolute atomic E-state index is 8.49. The summed E-state index contributed by atoms with van der Waals surface area (Å²) in [6.07, 6.45) is 0. The third kappa shape index (κ3) is 4.70. The molecule has 19 heavy (non-hydrogen) atoms. The summed E-state index contributed by atoms with van der Waals surface area (Å²) in [5.41, 5.74) is 0. The highest BCUT2D eigenvalue weighted by atomic mass is 35.7. The first kappa shape index (κ1) is 14.7.